The number of fused-ring (bicyclic) bond motifs is 2. The lowest BCUT2D eigenvalue weighted by Gasteiger charge is -2.22. The molecule has 35 heavy (non-hydrogen) atoms. The molecule has 0 aliphatic carbocycles. The smallest absolute Gasteiger partial charge is 0.309 e. The van der Waals surface area contributed by atoms with Crippen molar-refractivity contribution in [1.29, 1.82) is 0 Å². The first-order valence-electron chi connectivity index (χ1n) is 11.2. The van der Waals surface area contributed by atoms with Crippen LogP contribution in [0, 0.1) is 5.82 Å². The molecule has 0 bridgehead atoms. The molecule has 10 heteroatoms. The van der Waals surface area contributed by atoms with Gasteiger partial charge >= 0.3 is 5.69 Å². The highest BCUT2D eigenvalue weighted by atomic mass is 32.2. The Morgan fingerprint density at radius 3 is 2.54 bits per heavy atom. The Kier molecular flexibility index (Phi) is 5.84. The standard InChI is InChI=1S/C25H24FN5O3S/c1-15-12-17-6-4-5-7-19(17)31(15)20(32)14-35-24-27-22-21(23(33)29(3)25(34)28(22)2)30(24)13-16-8-10-18(26)11-9-16/h4-11,15H,12-14H2,1-3H3/t15-/m0/s1. The second-order valence-corrected chi connectivity index (χ2v) is 9.66. The Balaban J connectivity index is 1.53. The van der Waals surface area contributed by atoms with Crippen molar-refractivity contribution in [2.75, 3.05) is 10.7 Å². The fourth-order valence-electron chi connectivity index (χ4n) is 4.60. The Hall–Kier alpha value is -3.66. The lowest BCUT2D eigenvalue weighted by molar-refractivity contribution is -0.116. The van der Waals surface area contributed by atoms with Gasteiger partial charge < -0.3 is 9.47 Å². The summed E-state index contributed by atoms with van der Waals surface area (Å²) in [7, 11) is 2.98. The SMILES string of the molecule is C[C@H]1Cc2ccccc2N1C(=O)CSc1nc2c(c(=O)n(C)c(=O)n2C)n1Cc1ccc(F)cc1. The van der Waals surface area contributed by atoms with Gasteiger partial charge in [0.2, 0.25) is 5.91 Å². The Bertz CT molecular complexity index is 1570. The summed E-state index contributed by atoms with van der Waals surface area (Å²) in [4.78, 5) is 45.2. The molecule has 0 fully saturated rings. The number of carbonyl (C=O) groups excluding carboxylic acids is 1. The van der Waals surface area contributed by atoms with E-state index in [4.69, 9.17) is 0 Å². The summed E-state index contributed by atoms with van der Waals surface area (Å²) >= 11 is 1.22. The van der Waals surface area contributed by atoms with Crippen LogP contribution in [0.5, 0.6) is 0 Å². The zero-order valence-corrected chi connectivity index (χ0v) is 20.4. The highest BCUT2D eigenvalue weighted by Gasteiger charge is 2.31. The van der Waals surface area contributed by atoms with E-state index in [1.54, 1.807) is 23.7 Å². The number of carbonyl (C=O) groups is 1. The summed E-state index contributed by atoms with van der Waals surface area (Å²) in [5, 5.41) is 0.441. The molecule has 0 unspecified atom stereocenters. The second-order valence-electron chi connectivity index (χ2n) is 8.72. The zero-order chi connectivity index (χ0) is 24.9. The number of amides is 1. The number of halogens is 1. The van der Waals surface area contributed by atoms with Crippen molar-refractivity contribution in [3.63, 3.8) is 0 Å². The van der Waals surface area contributed by atoms with Gasteiger partial charge in [0.15, 0.2) is 16.3 Å². The molecule has 0 N–H and O–H groups in total. The van der Waals surface area contributed by atoms with Gasteiger partial charge in [-0.15, -0.1) is 0 Å². The van der Waals surface area contributed by atoms with Crippen molar-refractivity contribution in [3.05, 3.63) is 86.3 Å². The number of hydrogen-bond acceptors (Lipinski definition) is 5. The molecule has 0 saturated carbocycles. The summed E-state index contributed by atoms with van der Waals surface area (Å²) in [6, 6.07) is 13.9. The van der Waals surface area contributed by atoms with E-state index in [0.29, 0.717) is 5.16 Å². The number of rotatable bonds is 5. The molecule has 4 aromatic rings. The lowest BCUT2D eigenvalue weighted by atomic mass is 10.1. The molecule has 0 spiro atoms. The minimum atomic E-state index is -0.482. The van der Waals surface area contributed by atoms with Crippen LogP contribution in [-0.2, 0) is 31.9 Å². The average Bonchev–Trinajstić information content (AvgIpc) is 3.38. The van der Waals surface area contributed by atoms with Crippen molar-refractivity contribution in [2.24, 2.45) is 14.1 Å². The maximum Gasteiger partial charge on any atom is 0.332 e. The molecule has 0 saturated heterocycles. The molecule has 2 aromatic heterocycles. The fraction of sp³-hybridized carbons (Fsp3) is 0.280. The van der Waals surface area contributed by atoms with Gasteiger partial charge in [-0.3, -0.25) is 18.7 Å². The van der Waals surface area contributed by atoms with Gasteiger partial charge in [-0.2, -0.15) is 0 Å². The van der Waals surface area contributed by atoms with Crippen LogP contribution in [0.3, 0.4) is 0 Å². The maximum atomic E-state index is 13.4. The van der Waals surface area contributed by atoms with Crippen molar-refractivity contribution in [1.82, 2.24) is 18.7 Å². The first-order valence-corrected chi connectivity index (χ1v) is 12.2. The van der Waals surface area contributed by atoms with Crippen LogP contribution >= 0.6 is 11.8 Å². The van der Waals surface area contributed by atoms with E-state index in [0.717, 1.165) is 27.8 Å². The number of aromatic nitrogens is 4. The van der Waals surface area contributed by atoms with Gasteiger partial charge in [0.25, 0.3) is 5.56 Å². The van der Waals surface area contributed by atoms with Crippen LogP contribution in [-0.4, -0.2) is 36.4 Å². The number of nitrogens with zero attached hydrogens (tertiary/aromatic N) is 5. The molecule has 1 amide bonds. The van der Waals surface area contributed by atoms with E-state index in [2.05, 4.69) is 4.98 Å². The average molecular weight is 494 g/mol. The van der Waals surface area contributed by atoms with Crippen molar-refractivity contribution in [2.45, 2.75) is 31.1 Å². The highest BCUT2D eigenvalue weighted by Crippen LogP contribution is 2.33. The summed E-state index contributed by atoms with van der Waals surface area (Å²) < 4.78 is 17.5. The molecular weight excluding hydrogens is 469 g/mol. The lowest BCUT2D eigenvalue weighted by Crippen LogP contribution is -2.37. The first kappa shape index (κ1) is 23.1. The van der Waals surface area contributed by atoms with E-state index >= 15 is 0 Å². The summed E-state index contributed by atoms with van der Waals surface area (Å²) in [6.45, 7) is 2.26. The summed E-state index contributed by atoms with van der Waals surface area (Å²) in [5.74, 6) is -0.308. The zero-order valence-electron chi connectivity index (χ0n) is 19.6. The number of imidazole rings is 1. The van der Waals surface area contributed by atoms with Crippen LogP contribution in [0.2, 0.25) is 0 Å². The number of hydrogen-bond donors (Lipinski definition) is 0. The molecule has 3 heterocycles. The van der Waals surface area contributed by atoms with Gasteiger partial charge in [-0.1, -0.05) is 42.1 Å². The third-order valence-electron chi connectivity index (χ3n) is 6.37. The van der Waals surface area contributed by atoms with Gasteiger partial charge in [0.1, 0.15) is 5.82 Å². The quantitative estimate of drug-likeness (QED) is 0.400. The van der Waals surface area contributed by atoms with E-state index in [1.807, 2.05) is 36.1 Å². The van der Waals surface area contributed by atoms with Crippen LogP contribution in [0.25, 0.3) is 11.2 Å². The minimum absolute atomic E-state index is 0.0478. The van der Waals surface area contributed by atoms with E-state index in [1.165, 1.54) is 35.5 Å². The maximum absolute atomic E-state index is 13.4. The topological polar surface area (TPSA) is 82.1 Å². The third-order valence-corrected chi connectivity index (χ3v) is 7.33. The number of para-hydroxylation sites is 1. The van der Waals surface area contributed by atoms with Gasteiger partial charge in [0, 0.05) is 25.8 Å². The molecular formula is C25H24FN5O3S. The molecule has 1 aliphatic rings. The van der Waals surface area contributed by atoms with Crippen LogP contribution in [0.4, 0.5) is 10.1 Å². The number of thioether (sulfide) groups is 1. The number of aryl methyl sites for hydroxylation is 1. The highest BCUT2D eigenvalue weighted by molar-refractivity contribution is 7.99. The monoisotopic (exact) mass is 493 g/mol. The first-order chi connectivity index (χ1) is 16.8. The summed E-state index contributed by atoms with van der Waals surface area (Å²) in [6.07, 6.45) is 0.799. The minimum Gasteiger partial charge on any atom is -0.309 e. The third kappa shape index (κ3) is 3.97. The van der Waals surface area contributed by atoms with Gasteiger partial charge in [0.05, 0.1) is 12.3 Å². The molecule has 8 nitrogen and oxygen atoms in total. The fourth-order valence-corrected chi connectivity index (χ4v) is 5.45. The molecule has 0 radical (unpaired) electrons. The van der Waals surface area contributed by atoms with Crippen molar-refractivity contribution < 1.29 is 9.18 Å². The molecule has 180 valence electrons. The summed E-state index contributed by atoms with van der Waals surface area (Å²) in [5.41, 5.74) is 2.37. The number of benzene rings is 2. The Labute approximate surface area is 204 Å². The van der Waals surface area contributed by atoms with Gasteiger partial charge in [-0.05, 0) is 42.7 Å². The van der Waals surface area contributed by atoms with Crippen LogP contribution in [0.15, 0.2) is 63.3 Å². The molecule has 5 rings (SSSR count). The largest absolute Gasteiger partial charge is 0.332 e. The van der Waals surface area contributed by atoms with Crippen LogP contribution < -0.4 is 16.1 Å². The van der Waals surface area contributed by atoms with E-state index in [9.17, 15) is 18.8 Å². The van der Waals surface area contributed by atoms with E-state index < -0.39 is 11.2 Å². The predicted octanol–water partition coefficient (Wildman–Crippen LogP) is 2.69. The Morgan fingerprint density at radius 1 is 1.09 bits per heavy atom. The normalized spacial score (nSPS) is 15.1. The second kappa shape index (κ2) is 8.84. The van der Waals surface area contributed by atoms with Gasteiger partial charge in [-0.25, -0.2) is 14.2 Å². The van der Waals surface area contributed by atoms with Crippen molar-refractivity contribution >= 4 is 34.5 Å². The number of anilines is 1. The molecule has 2 aromatic carbocycles. The predicted molar refractivity (Wildman–Crippen MR) is 134 cm³/mol. The van der Waals surface area contributed by atoms with E-state index in [-0.39, 0.29) is 41.2 Å². The van der Waals surface area contributed by atoms with Crippen LogP contribution in [0.1, 0.15) is 18.1 Å². The molecule has 1 aliphatic heterocycles. The molecule has 1 atom stereocenters. The van der Waals surface area contributed by atoms with Crippen molar-refractivity contribution in [3.8, 4) is 0 Å². The Morgan fingerprint density at radius 2 is 1.80 bits per heavy atom.